The normalized spacial score (nSPS) is 10.6. The Hall–Kier alpha value is -1.49. The van der Waals surface area contributed by atoms with E-state index >= 15 is 0 Å². The highest BCUT2D eigenvalue weighted by atomic mass is 35.5. The predicted octanol–water partition coefficient (Wildman–Crippen LogP) is 1.79. The Balaban J connectivity index is 2.02. The van der Waals surface area contributed by atoms with E-state index in [0.717, 1.165) is 5.56 Å². The van der Waals surface area contributed by atoms with Crippen LogP contribution in [-0.2, 0) is 18.8 Å². The maximum atomic E-state index is 12.9. The molecule has 1 aromatic carbocycles. The second-order valence-electron chi connectivity index (χ2n) is 3.33. The summed E-state index contributed by atoms with van der Waals surface area (Å²) < 4.78 is 14.5. The summed E-state index contributed by atoms with van der Waals surface area (Å²) >= 11 is 5.66. The Kier molecular flexibility index (Phi) is 3.46. The molecule has 1 aromatic heterocycles. The molecule has 0 atom stereocenters. The molecular formula is C10H10ClFN4. The number of rotatable bonds is 4. The zero-order valence-corrected chi connectivity index (χ0v) is 9.23. The smallest absolute Gasteiger partial charge is 0.166 e. The van der Waals surface area contributed by atoms with Crippen LogP contribution in [0.1, 0.15) is 11.4 Å². The van der Waals surface area contributed by atoms with E-state index < -0.39 is 0 Å². The summed E-state index contributed by atoms with van der Waals surface area (Å²) in [6.45, 7) is 0.596. The average molecular weight is 241 g/mol. The molecule has 0 unspecified atom stereocenters. The summed E-state index contributed by atoms with van der Waals surface area (Å²) in [5, 5.41) is 11.1. The summed E-state index contributed by atoms with van der Waals surface area (Å²) in [5.74, 6) is 0.667. The Labute approximate surface area is 97.0 Å². The fourth-order valence-electron chi connectivity index (χ4n) is 1.42. The maximum absolute atomic E-state index is 12.9. The molecular weight excluding hydrogens is 231 g/mol. The van der Waals surface area contributed by atoms with Crippen LogP contribution in [0.5, 0.6) is 0 Å². The van der Waals surface area contributed by atoms with Gasteiger partial charge in [0.2, 0.25) is 0 Å². The minimum Gasteiger partial charge on any atom is -0.228 e. The average Bonchev–Trinajstić information content (AvgIpc) is 2.74. The van der Waals surface area contributed by atoms with Gasteiger partial charge in [0, 0.05) is 6.54 Å². The molecule has 0 aliphatic carbocycles. The van der Waals surface area contributed by atoms with E-state index in [1.807, 2.05) is 6.07 Å². The lowest BCUT2D eigenvalue weighted by atomic mass is 10.1. The maximum Gasteiger partial charge on any atom is 0.166 e. The van der Waals surface area contributed by atoms with Gasteiger partial charge in [-0.2, -0.15) is 0 Å². The van der Waals surface area contributed by atoms with Crippen LogP contribution in [-0.4, -0.2) is 20.2 Å². The monoisotopic (exact) mass is 240 g/mol. The summed E-state index contributed by atoms with van der Waals surface area (Å²) in [5.41, 5.74) is 0.913. The first-order chi connectivity index (χ1) is 7.79. The number of hydrogen-bond donors (Lipinski definition) is 0. The van der Waals surface area contributed by atoms with Gasteiger partial charge in [0.25, 0.3) is 0 Å². The Morgan fingerprint density at radius 3 is 3.00 bits per heavy atom. The standard InChI is InChI=1S/C10H10ClFN4/c11-7-10-13-14-15-16(10)5-4-8-2-1-3-9(12)6-8/h1-3,6H,4-5,7H2. The Morgan fingerprint density at radius 2 is 2.25 bits per heavy atom. The van der Waals surface area contributed by atoms with Gasteiger partial charge in [-0.3, -0.25) is 0 Å². The molecule has 0 aliphatic heterocycles. The molecule has 0 amide bonds. The van der Waals surface area contributed by atoms with Gasteiger partial charge in [-0.05, 0) is 34.5 Å². The molecule has 1 heterocycles. The third-order valence-corrected chi connectivity index (χ3v) is 2.47. The molecule has 4 nitrogen and oxygen atoms in total. The van der Waals surface area contributed by atoms with Crippen molar-refractivity contribution in [3.63, 3.8) is 0 Å². The summed E-state index contributed by atoms with van der Waals surface area (Å²) in [4.78, 5) is 0. The third-order valence-electron chi connectivity index (χ3n) is 2.23. The largest absolute Gasteiger partial charge is 0.228 e. The van der Waals surface area contributed by atoms with Crippen molar-refractivity contribution in [1.82, 2.24) is 20.2 Å². The van der Waals surface area contributed by atoms with E-state index in [9.17, 15) is 4.39 Å². The molecule has 84 valence electrons. The second kappa shape index (κ2) is 5.03. The number of tetrazole rings is 1. The zero-order chi connectivity index (χ0) is 11.4. The van der Waals surface area contributed by atoms with Gasteiger partial charge in [-0.1, -0.05) is 12.1 Å². The molecule has 0 fully saturated rings. The quantitative estimate of drug-likeness (QED) is 0.766. The molecule has 2 rings (SSSR count). The Bertz CT molecular complexity index is 471. The van der Waals surface area contributed by atoms with Crippen LogP contribution in [0.2, 0.25) is 0 Å². The first kappa shape index (κ1) is 11.0. The van der Waals surface area contributed by atoms with Crippen LogP contribution >= 0.6 is 11.6 Å². The highest BCUT2D eigenvalue weighted by Gasteiger charge is 2.04. The molecule has 0 aliphatic rings. The van der Waals surface area contributed by atoms with E-state index in [-0.39, 0.29) is 11.7 Å². The van der Waals surface area contributed by atoms with Crippen molar-refractivity contribution in [2.75, 3.05) is 0 Å². The topological polar surface area (TPSA) is 43.6 Å². The molecule has 0 saturated carbocycles. The molecule has 0 bridgehead atoms. The van der Waals surface area contributed by atoms with E-state index in [1.54, 1.807) is 10.7 Å². The van der Waals surface area contributed by atoms with Gasteiger partial charge in [0.15, 0.2) is 5.82 Å². The minimum atomic E-state index is -0.230. The van der Waals surface area contributed by atoms with Crippen molar-refractivity contribution in [2.45, 2.75) is 18.8 Å². The third kappa shape index (κ3) is 2.55. The predicted molar refractivity (Wildman–Crippen MR) is 57.5 cm³/mol. The minimum absolute atomic E-state index is 0.230. The number of benzene rings is 1. The van der Waals surface area contributed by atoms with Gasteiger partial charge < -0.3 is 0 Å². The molecule has 0 spiro atoms. The molecule has 0 saturated heterocycles. The van der Waals surface area contributed by atoms with Gasteiger partial charge in [0.1, 0.15) is 5.82 Å². The van der Waals surface area contributed by atoms with Crippen LogP contribution in [0.4, 0.5) is 4.39 Å². The van der Waals surface area contributed by atoms with E-state index in [1.165, 1.54) is 12.1 Å². The number of aromatic nitrogens is 4. The lowest BCUT2D eigenvalue weighted by Crippen LogP contribution is -2.07. The molecule has 0 radical (unpaired) electrons. The first-order valence-electron chi connectivity index (χ1n) is 4.85. The SMILES string of the molecule is Fc1cccc(CCn2nnnc2CCl)c1. The lowest BCUT2D eigenvalue weighted by molar-refractivity contribution is 0.570. The van der Waals surface area contributed by atoms with Crippen molar-refractivity contribution in [3.8, 4) is 0 Å². The lowest BCUT2D eigenvalue weighted by Gasteiger charge is -2.03. The zero-order valence-electron chi connectivity index (χ0n) is 8.48. The van der Waals surface area contributed by atoms with Crippen molar-refractivity contribution in [2.24, 2.45) is 0 Å². The van der Waals surface area contributed by atoms with Crippen LogP contribution in [0.3, 0.4) is 0 Å². The van der Waals surface area contributed by atoms with Crippen LogP contribution in [0.15, 0.2) is 24.3 Å². The summed E-state index contributed by atoms with van der Waals surface area (Å²) in [6, 6.07) is 6.48. The number of alkyl halides is 1. The van der Waals surface area contributed by atoms with Gasteiger partial charge >= 0.3 is 0 Å². The fraction of sp³-hybridized carbons (Fsp3) is 0.300. The number of hydrogen-bond acceptors (Lipinski definition) is 3. The molecule has 2 aromatic rings. The molecule has 16 heavy (non-hydrogen) atoms. The van der Waals surface area contributed by atoms with Crippen molar-refractivity contribution < 1.29 is 4.39 Å². The van der Waals surface area contributed by atoms with Crippen LogP contribution in [0.25, 0.3) is 0 Å². The number of halogens is 2. The van der Waals surface area contributed by atoms with E-state index in [0.29, 0.717) is 18.8 Å². The highest BCUT2D eigenvalue weighted by molar-refractivity contribution is 6.16. The summed E-state index contributed by atoms with van der Waals surface area (Å²) in [6.07, 6.45) is 0.673. The first-order valence-corrected chi connectivity index (χ1v) is 5.38. The molecule has 0 N–H and O–H groups in total. The fourth-order valence-corrected chi connectivity index (χ4v) is 1.61. The number of aryl methyl sites for hydroxylation is 2. The van der Waals surface area contributed by atoms with Crippen molar-refractivity contribution in [1.29, 1.82) is 0 Å². The second-order valence-corrected chi connectivity index (χ2v) is 3.60. The highest BCUT2D eigenvalue weighted by Crippen LogP contribution is 2.06. The van der Waals surface area contributed by atoms with E-state index in [2.05, 4.69) is 15.5 Å². The van der Waals surface area contributed by atoms with Gasteiger partial charge in [-0.15, -0.1) is 16.7 Å². The summed E-state index contributed by atoms with van der Waals surface area (Å²) in [7, 11) is 0. The van der Waals surface area contributed by atoms with Gasteiger partial charge in [0.05, 0.1) is 5.88 Å². The van der Waals surface area contributed by atoms with Crippen LogP contribution < -0.4 is 0 Å². The van der Waals surface area contributed by atoms with Crippen LogP contribution in [0, 0.1) is 5.82 Å². The Morgan fingerprint density at radius 1 is 1.38 bits per heavy atom. The van der Waals surface area contributed by atoms with E-state index in [4.69, 9.17) is 11.6 Å². The number of nitrogens with zero attached hydrogens (tertiary/aromatic N) is 4. The van der Waals surface area contributed by atoms with Crippen molar-refractivity contribution >= 4 is 11.6 Å². The molecule has 6 heteroatoms. The van der Waals surface area contributed by atoms with Crippen molar-refractivity contribution in [3.05, 3.63) is 41.5 Å². The van der Waals surface area contributed by atoms with Gasteiger partial charge in [-0.25, -0.2) is 9.07 Å².